The van der Waals surface area contributed by atoms with Crippen LogP contribution in [-0.2, 0) is 20.0 Å². The van der Waals surface area contributed by atoms with Gasteiger partial charge in [0.15, 0.2) is 9.84 Å². The number of rotatable bonds is 6. The molecular formula is C27H34IN5O3S. The van der Waals surface area contributed by atoms with Crippen molar-refractivity contribution in [1.82, 2.24) is 14.9 Å². The molecule has 1 N–H and O–H groups in total. The zero-order valence-corrected chi connectivity index (χ0v) is 24.4. The number of hydrogen-bond acceptors (Lipinski definition) is 7. The molecule has 0 radical (unpaired) electrons. The third-order valence-electron chi connectivity index (χ3n) is 8.77. The SMILES string of the molecule is Cc1cc(S(=O)(=O)C2CCN(C(C)I)CC2)ccc1Nc1ncc2c(n1)N(C1CCCC1)C(=O)C21CC1. The first-order chi connectivity index (χ1) is 17.7. The fraction of sp³-hybridized carbons (Fsp3) is 0.593. The quantitative estimate of drug-likeness (QED) is 0.275. The van der Waals surface area contributed by atoms with Gasteiger partial charge in [-0.25, -0.2) is 13.4 Å². The first-order valence-electron chi connectivity index (χ1n) is 13.4. The van der Waals surface area contributed by atoms with Crippen LogP contribution in [0.25, 0.3) is 0 Å². The maximum absolute atomic E-state index is 13.4. The van der Waals surface area contributed by atoms with Crippen molar-refractivity contribution in [2.24, 2.45) is 0 Å². The molecule has 10 heteroatoms. The molecule has 4 aliphatic rings. The van der Waals surface area contributed by atoms with Gasteiger partial charge in [0.25, 0.3) is 0 Å². The molecule has 2 saturated carbocycles. The molecule has 2 aromatic rings. The summed E-state index contributed by atoms with van der Waals surface area (Å²) in [5, 5.41) is 2.95. The molecule has 1 saturated heterocycles. The summed E-state index contributed by atoms with van der Waals surface area (Å²) in [6.45, 7) is 5.67. The molecule has 198 valence electrons. The van der Waals surface area contributed by atoms with E-state index in [1.165, 1.54) is 0 Å². The van der Waals surface area contributed by atoms with E-state index in [0.717, 1.165) is 74.2 Å². The minimum atomic E-state index is -3.39. The van der Waals surface area contributed by atoms with Crippen molar-refractivity contribution in [2.45, 2.75) is 90.9 Å². The van der Waals surface area contributed by atoms with Gasteiger partial charge in [-0.2, -0.15) is 4.98 Å². The summed E-state index contributed by atoms with van der Waals surface area (Å²) >= 11 is 2.38. The van der Waals surface area contributed by atoms with E-state index in [9.17, 15) is 13.2 Å². The van der Waals surface area contributed by atoms with Crippen LogP contribution in [0.4, 0.5) is 17.5 Å². The number of fused-ring (bicyclic) bond motifs is 2. The lowest BCUT2D eigenvalue weighted by molar-refractivity contribution is -0.120. The average Bonchev–Trinajstić information content (AvgIpc) is 3.45. The van der Waals surface area contributed by atoms with Gasteiger partial charge in [0.05, 0.1) is 19.6 Å². The van der Waals surface area contributed by atoms with Gasteiger partial charge in [0, 0.05) is 36.6 Å². The molecule has 0 bridgehead atoms. The lowest BCUT2D eigenvalue weighted by atomic mass is 10.0. The van der Waals surface area contributed by atoms with Crippen LogP contribution in [0.2, 0.25) is 0 Å². The van der Waals surface area contributed by atoms with Gasteiger partial charge in [-0.3, -0.25) is 14.6 Å². The van der Waals surface area contributed by atoms with E-state index in [1.54, 1.807) is 12.1 Å². The summed E-state index contributed by atoms with van der Waals surface area (Å²) in [5.41, 5.74) is 2.17. The number of anilines is 3. The Balaban J connectivity index is 1.22. The van der Waals surface area contributed by atoms with Crippen LogP contribution >= 0.6 is 22.6 Å². The molecule has 1 atom stereocenters. The molecule has 1 amide bonds. The second kappa shape index (κ2) is 9.44. The minimum Gasteiger partial charge on any atom is -0.324 e. The molecule has 8 nitrogen and oxygen atoms in total. The Labute approximate surface area is 232 Å². The fourth-order valence-corrected chi connectivity index (χ4v) is 8.69. The Kier molecular flexibility index (Phi) is 6.50. The number of aryl methyl sites for hydroxylation is 1. The van der Waals surface area contributed by atoms with Crippen molar-refractivity contribution in [2.75, 3.05) is 23.3 Å². The van der Waals surface area contributed by atoms with Crippen molar-refractivity contribution < 1.29 is 13.2 Å². The van der Waals surface area contributed by atoms with Gasteiger partial charge in [0.1, 0.15) is 5.82 Å². The van der Waals surface area contributed by atoms with E-state index in [2.05, 4.69) is 44.7 Å². The van der Waals surface area contributed by atoms with Crippen molar-refractivity contribution in [3.05, 3.63) is 35.5 Å². The number of carbonyl (C=O) groups excluding carboxylic acids is 1. The normalized spacial score (nSPS) is 23.0. The van der Waals surface area contributed by atoms with Crippen LogP contribution in [0.3, 0.4) is 0 Å². The van der Waals surface area contributed by atoms with Crippen molar-refractivity contribution in [1.29, 1.82) is 0 Å². The van der Waals surface area contributed by atoms with E-state index in [4.69, 9.17) is 4.98 Å². The minimum absolute atomic E-state index is 0.199. The number of nitrogens with zero attached hydrogens (tertiary/aromatic N) is 4. The van der Waals surface area contributed by atoms with Gasteiger partial charge >= 0.3 is 0 Å². The molecule has 1 spiro atoms. The number of likely N-dealkylation sites (tertiary alicyclic amines) is 1. The number of benzene rings is 1. The van der Waals surface area contributed by atoms with Crippen LogP contribution in [0.1, 0.15) is 69.4 Å². The number of nitrogens with one attached hydrogen (secondary N) is 1. The highest BCUT2D eigenvalue weighted by molar-refractivity contribution is 14.1. The molecule has 37 heavy (non-hydrogen) atoms. The van der Waals surface area contributed by atoms with E-state index >= 15 is 0 Å². The van der Waals surface area contributed by atoms with Gasteiger partial charge < -0.3 is 5.32 Å². The predicted molar refractivity (Wildman–Crippen MR) is 152 cm³/mol. The zero-order chi connectivity index (χ0) is 25.9. The standard InChI is InChI=1S/C27H34IN5O3S/c1-17-15-21(37(35,36)20-9-13-32(14-10-20)18(2)28)7-8-23(17)30-26-29-16-22-24(31-26)33(19-5-3-4-6-19)25(34)27(22)11-12-27/h7-8,15-16,18-20H,3-6,9-14H2,1-2H3,(H,29,30,31). The molecule has 3 heterocycles. The Bertz CT molecular complexity index is 1330. The summed E-state index contributed by atoms with van der Waals surface area (Å²) in [7, 11) is -3.39. The number of halogens is 1. The molecule has 1 unspecified atom stereocenters. The lowest BCUT2D eigenvalue weighted by Crippen LogP contribution is -2.41. The first-order valence-corrected chi connectivity index (χ1v) is 16.2. The van der Waals surface area contributed by atoms with Gasteiger partial charge in [0.2, 0.25) is 11.9 Å². The molecule has 2 aliphatic heterocycles. The van der Waals surface area contributed by atoms with E-state index in [0.29, 0.717) is 27.7 Å². The Morgan fingerprint density at radius 1 is 1.14 bits per heavy atom. The smallest absolute Gasteiger partial charge is 0.239 e. The van der Waals surface area contributed by atoms with Crippen LogP contribution < -0.4 is 10.2 Å². The van der Waals surface area contributed by atoms with Crippen LogP contribution in [-0.4, -0.2) is 57.6 Å². The summed E-state index contributed by atoms with van der Waals surface area (Å²) in [4.78, 5) is 27.4. The predicted octanol–water partition coefficient (Wildman–Crippen LogP) is 4.87. The highest BCUT2D eigenvalue weighted by Crippen LogP contribution is 2.57. The first kappa shape index (κ1) is 25.5. The largest absolute Gasteiger partial charge is 0.324 e. The molecule has 3 fully saturated rings. The van der Waals surface area contributed by atoms with Crippen LogP contribution in [0.15, 0.2) is 29.3 Å². The number of sulfone groups is 1. The zero-order valence-electron chi connectivity index (χ0n) is 21.4. The van der Waals surface area contributed by atoms with E-state index in [1.807, 2.05) is 24.1 Å². The Morgan fingerprint density at radius 3 is 2.46 bits per heavy atom. The Hall–Kier alpha value is -1.79. The van der Waals surface area contributed by atoms with Crippen molar-refractivity contribution in [3.8, 4) is 0 Å². The van der Waals surface area contributed by atoms with Gasteiger partial charge in [-0.15, -0.1) is 0 Å². The highest BCUT2D eigenvalue weighted by atomic mass is 127. The average molecular weight is 636 g/mol. The maximum Gasteiger partial charge on any atom is 0.239 e. The summed E-state index contributed by atoms with van der Waals surface area (Å²) in [6, 6.07) is 5.49. The monoisotopic (exact) mass is 635 g/mol. The molecule has 1 aromatic heterocycles. The van der Waals surface area contributed by atoms with E-state index in [-0.39, 0.29) is 17.2 Å². The number of amides is 1. The number of hydrogen-bond donors (Lipinski definition) is 1. The van der Waals surface area contributed by atoms with Gasteiger partial charge in [-0.1, -0.05) is 35.4 Å². The number of aromatic nitrogens is 2. The molecule has 2 aliphatic carbocycles. The maximum atomic E-state index is 13.4. The number of carbonyl (C=O) groups is 1. The summed E-state index contributed by atoms with van der Waals surface area (Å²) in [6.07, 6.45) is 9.26. The second-order valence-electron chi connectivity index (χ2n) is 11.1. The fourth-order valence-electron chi connectivity index (χ4n) is 6.31. The third kappa shape index (κ3) is 4.36. The summed E-state index contributed by atoms with van der Waals surface area (Å²) < 4.78 is 27.2. The molecular weight excluding hydrogens is 601 g/mol. The summed E-state index contributed by atoms with van der Waals surface area (Å²) in [5.74, 6) is 1.40. The third-order valence-corrected chi connectivity index (χ3v) is 11.8. The Morgan fingerprint density at radius 2 is 1.84 bits per heavy atom. The highest BCUT2D eigenvalue weighted by Gasteiger charge is 2.61. The van der Waals surface area contributed by atoms with Crippen molar-refractivity contribution in [3.63, 3.8) is 0 Å². The second-order valence-corrected chi connectivity index (χ2v) is 15.1. The molecule has 1 aromatic carbocycles. The van der Waals surface area contributed by atoms with Crippen LogP contribution in [0.5, 0.6) is 0 Å². The topological polar surface area (TPSA) is 95.5 Å². The number of piperidine rings is 1. The molecule has 6 rings (SSSR count). The van der Waals surface area contributed by atoms with E-state index < -0.39 is 15.3 Å². The number of alkyl halides is 1. The lowest BCUT2D eigenvalue weighted by Gasteiger charge is -2.33. The van der Waals surface area contributed by atoms with Gasteiger partial charge in [-0.05, 0) is 76.1 Å². The van der Waals surface area contributed by atoms with Crippen LogP contribution in [0, 0.1) is 6.92 Å². The van der Waals surface area contributed by atoms with Crippen molar-refractivity contribution >= 4 is 55.8 Å².